The summed E-state index contributed by atoms with van der Waals surface area (Å²) in [5.41, 5.74) is 4.86. The normalized spacial score (nSPS) is 22.4. The molecule has 2 atom stereocenters. The lowest BCUT2D eigenvalue weighted by atomic mass is 9.96. The largest absolute Gasteiger partial charge is 0.446 e. The first kappa shape index (κ1) is 18.8. The fourth-order valence-corrected chi connectivity index (χ4v) is 3.00. The SMILES string of the molecule is O=C(N/N=C/C1CC=CCC1)c1ccc(C(=O)N/N=C/C2CC=CCC2)o1. The van der Waals surface area contributed by atoms with Gasteiger partial charge in [-0.1, -0.05) is 24.3 Å². The summed E-state index contributed by atoms with van der Waals surface area (Å²) in [4.78, 5) is 24.1. The molecule has 0 saturated heterocycles. The van der Waals surface area contributed by atoms with Gasteiger partial charge < -0.3 is 4.42 Å². The smallest absolute Gasteiger partial charge is 0.307 e. The van der Waals surface area contributed by atoms with Gasteiger partial charge in [0.2, 0.25) is 0 Å². The molecular weight excluding hydrogens is 344 g/mol. The van der Waals surface area contributed by atoms with Crippen LogP contribution in [0.5, 0.6) is 0 Å². The van der Waals surface area contributed by atoms with Crippen LogP contribution < -0.4 is 10.9 Å². The van der Waals surface area contributed by atoms with Crippen LogP contribution in [0.2, 0.25) is 0 Å². The van der Waals surface area contributed by atoms with Crippen LogP contribution in [0.15, 0.2) is 51.1 Å². The Labute approximate surface area is 158 Å². The van der Waals surface area contributed by atoms with E-state index < -0.39 is 11.8 Å². The van der Waals surface area contributed by atoms with Crippen molar-refractivity contribution in [2.45, 2.75) is 38.5 Å². The first-order chi connectivity index (χ1) is 13.2. The third-order valence-corrected chi connectivity index (χ3v) is 4.58. The van der Waals surface area contributed by atoms with Crippen molar-refractivity contribution in [2.24, 2.45) is 22.0 Å². The maximum atomic E-state index is 12.0. The van der Waals surface area contributed by atoms with E-state index in [-0.39, 0.29) is 11.5 Å². The summed E-state index contributed by atoms with van der Waals surface area (Å²) in [6.07, 6.45) is 18.0. The van der Waals surface area contributed by atoms with Crippen molar-refractivity contribution in [2.75, 3.05) is 0 Å². The Bertz CT molecular complexity index is 713. The molecule has 0 aromatic carbocycles. The molecule has 0 bridgehead atoms. The number of hydrogen-bond acceptors (Lipinski definition) is 5. The van der Waals surface area contributed by atoms with Gasteiger partial charge in [0, 0.05) is 12.4 Å². The molecule has 2 aliphatic carbocycles. The van der Waals surface area contributed by atoms with Crippen molar-refractivity contribution in [3.63, 3.8) is 0 Å². The third kappa shape index (κ3) is 5.77. The number of nitrogens with one attached hydrogen (secondary N) is 2. The van der Waals surface area contributed by atoms with Gasteiger partial charge in [0.05, 0.1) is 0 Å². The van der Waals surface area contributed by atoms with E-state index in [2.05, 4.69) is 45.4 Å². The number of carbonyl (C=O) groups is 2. The highest BCUT2D eigenvalue weighted by Gasteiger charge is 2.15. The molecule has 7 nitrogen and oxygen atoms in total. The van der Waals surface area contributed by atoms with Crippen molar-refractivity contribution in [1.82, 2.24) is 10.9 Å². The minimum absolute atomic E-state index is 0.0298. The average Bonchev–Trinajstić information content (AvgIpc) is 3.20. The summed E-state index contributed by atoms with van der Waals surface area (Å²) < 4.78 is 5.30. The molecule has 3 rings (SSSR count). The van der Waals surface area contributed by atoms with E-state index in [1.165, 1.54) is 12.1 Å². The summed E-state index contributed by atoms with van der Waals surface area (Å²) in [6.45, 7) is 0. The van der Waals surface area contributed by atoms with Crippen LogP contribution in [0.3, 0.4) is 0 Å². The van der Waals surface area contributed by atoms with E-state index in [1.807, 2.05) is 0 Å². The number of hydrogen-bond donors (Lipinski definition) is 2. The predicted octanol–water partition coefficient (Wildman–Crippen LogP) is 3.42. The third-order valence-electron chi connectivity index (χ3n) is 4.58. The molecule has 1 aromatic heterocycles. The van der Waals surface area contributed by atoms with Crippen molar-refractivity contribution in [3.8, 4) is 0 Å². The summed E-state index contributed by atoms with van der Waals surface area (Å²) in [5, 5.41) is 7.96. The molecule has 2 aliphatic rings. The number of carbonyl (C=O) groups excluding carboxylic acids is 2. The fourth-order valence-electron chi connectivity index (χ4n) is 3.00. The molecule has 2 unspecified atom stereocenters. The first-order valence-electron chi connectivity index (χ1n) is 9.29. The predicted molar refractivity (Wildman–Crippen MR) is 104 cm³/mol. The minimum Gasteiger partial charge on any atom is -0.446 e. The monoisotopic (exact) mass is 368 g/mol. The van der Waals surface area contributed by atoms with Gasteiger partial charge in [-0.3, -0.25) is 9.59 Å². The molecular formula is C20H24N4O3. The molecule has 27 heavy (non-hydrogen) atoms. The highest BCUT2D eigenvalue weighted by Crippen LogP contribution is 2.16. The highest BCUT2D eigenvalue weighted by atomic mass is 16.4. The van der Waals surface area contributed by atoms with Crippen LogP contribution in [-0.4, -0.2) is 24.2 Å². The Morgan fingerprint density at radius 3 is 1.74 bits per heavy atom. The summed E-state index contributed by atoms with van der Waals surface area (Å²) >= 11 is 0. The van der Waals surface area contributed by atoms with Crippen LogP contribution >= 0.6 is 0 Å². The van der Waals surface area contributed by atoms with E-state index in [1.54, 1.807) is 12.4 Å². The molecule has 0 saturated carbocycles. The maximum Gasteiger partial charge on any atom is 0.307 e. The van der Waals surface area contributed by atoms with E-state index in [4.69, 9.17) is 4.42 Å². The van der Waals surface area contributed by atoms with Gasteiger partial charge in [-0.15, -0.1) is 0 Å². The van der Waals surface area contributed by atoms with Crippen LogP contribution in [-0.2, 0) is 0 Å². The number of hydrazone groups is 2. The second-order valence-electron chi connectivity index (χ2n) is 6.69. The lowest BCUT2D eigenvalue weighted by molar-refractivity contribution is 0.0902. The average molecular weight is 368 g/mol. The zero-order chi connectivity index (χ0) is 18.9. The van der Waals surface area contributed by atoms with Crippen molar-refractivity contribution in [1.29, 1.82) is 0 Å². The second kappa shape index (κ2) is 9.66. The molecule has 1 heterocycles. The number of amides is 2. The quantitative estimate of drug-likeness (QED) is 0.457. The van der Waals surface area contributed by atoms with Crippen LogP contribution in [0, 0.1) is 11.8 Å². The Morgan fingerprint density at radius 2 is 1.33 bits per heavy atom. The molecule has 0 fully saturated rings. The second-order valence-corrected chi connectivity index (χ2v) is 6.69. The molecule has 7 heteroatoms. The zero-order valence-electron chi connectivity index (χ0n) is 15.1. The van der Waals surface area contributed by atoms with Crippen LogP contribution in [0.1, 0.15) is 59.6 Å². The van der Waals surface area contributed by atoms with Crippen molar-refractivity contribution in [3.05, 3.63) is 48.0 Å². The number of nitrogens with zero attached hydrogens (tertiary/aromatic N) is 2. The Hall–Kier alpha value is -2.96. The number of rotatable bonds is 6. The standard InChI is InChI=1S/C20H24N4O3/c25-19(23-21-13-15-7-3-1-4-8-15)17-11-12-18(27-17)20(26)24-22-14-16-9-5-2-6-10-16/h1-3,5,11-16H,4,6-10H2,(H,23,25)(H,24,26)/b21-13+,22-14+. The Morgan fingerprint density at radius 1 is 0.852 bits per heavy atom. The van der Waals surface area contributed by atoms with Crippen LogP contribution in [0.25, 0.3) is 0 Å². The molecule has 1 aromatic rings. The Balaban J connectivity index is 1.46. The topological polar surface area (TPSA) is 96.1 Å². The molecule has 0 radical (unpaired) electrons. The van der Waals surface area contributed by atoms with Crippen LogP contribution in [0.4, 0.5) is 0 Å². The molecule has 0 aliphatic heterocycles. The van der Waals surface area contributed by atoms with Gasteiger partial charge in [-0.2, -0.15) is 10.2 Å². The van der Waals surface area contributed by atoms with E-state index >= 15 is 0 Å². The minimum atomic E-state index is -0.492. The van der Waals surface area contributed by atoms with Gasteiger partial charge in [0.1, 0.15) is 0 Å². The van der Waals surface area contributed by atoms with E-state index in [0.717, 1.165) is 38.5 Å². The lowest BCUT2D eigenvalue weighted by Gasteiger charge is -2.11. The molecule has 0 spiro atoms. The number of allylic oxidation sites excluding steroid dienone is 4. The highest BCUT2D eigenvalue weighted by molar-refractivity contribution is 5.95. The maximum absolute atomic E-state index is 12.0. The molecule has 2 N–H and O–H groups in total. The fraction of sp³-hybridized carbons (Fsp3) is 0.400. The summed E-state index contributed by atoms with van der Waals surface area (Å²) in [5.74, 6) is -0.246. The van der Waals surface area contributed by atoms with Gasteiger partial charge in [0.15, 0.2) is 11.5 Å². The van der Waals surface area contributed by atoms with E-state index in [9.17, 15) is 9.59 Å². The number of furan rings is 1. The van der Waals surface area contributed by atoms with Gasteiger partial charge >= 0.3 is 11.8 Å². The van der Waals surface area contributed by atoms with Crippen molar-refractivity contribution < 1.29 is 14.0 Å². The zero-order valence-corrected chi connectivity index (χ0v) is 15.1. The Kier molecular flexibility index (Phi) is 6.73. The van der Waals surface area contributed by atoms with Gasteiger partial charge in [-0.25, -0.2) is 10.9 Å². The first-order valence-corrected chi connectivity index (χ1v) is 9.29. The van der Waals surface area contributed by atoms with E-state index in [0.29, 0.717) is 11.8 Å². The van der Waals surface area contributed by atoms with Crippen molar-refractivity contribution >= 4 is 24.2 Å². The lowest BCUT2D eigenvalue weighted by Crippen LogP contribution is -2.19. The summed E-state index contributed by atoms with van der Waals surface area (Å²) in [7, 11) is 0. The summed E-state index contributed by atoms with van der Waals surface area (Å²) in [6, 6.07) is 2.89. The molecule has 2 amide bonds. The van der Waals surface area contributed by atoms with Gasteiger partial charge in [-0.05, 0) is 62.5 Å². The van der Waals surface area contributed by atoms with Gasteiger partial charge in [0.25, 0.3) is 0 Å². The molecule has 142 valence electrons.